The van der Waals surface area contributed by atoms with E-state index >= 15 is 0 Å². The van der Waals surface area contributed by atoms with Crippen LogP contribution in [0.5, 0.6) is 0 Å². The fraction of sp³-hybridized carbons (Fsp3) is 0.300. The Balaban J connectivity index is 1.44. The van der Waals surface area contributed by atoms with Gasteiger partial charge in [0.1, 0.15) is 11.6 Å². The van der Waals surface area contributed by atoms with Gasteiger partial charge in [0, 0.05) is 12.2 Å². The SMILES string of the molecule is C[NH+](CC(=O)N1CCCc2ccccc21)Cc1nc2ccccc2s1. The maximum Gasteiger partial charge on any atom is 0.282 e. The lowest BCUT2D eigenvalue weighted by Crippen LogP contribution is -3.09. The second-order valence-electron chi connectivity index (χ2n) is 6.66. The van der Waals surface area contributed by atoms with Gasteiger partial charge in [-0.1, -0.05) is 30.3 Å². The maximum absolute atomic E-state index is 12.8. The number of carbonyl (C=O) groups is 1. The topological polar surface area (TPSA) is 37.6 Å². The van der Waals surface area contributed by atoms with Crippen LogP contribution in [0.25, 0.3) is 10.2 Å². The van der Waals surface area contributed by atoms with Crippen molar-refractivity contribution in [3.8, 4) is 0 Å². The van der Waals surface area contributed by atoms with Crippen LogP contribution in [0.4, 0.5) is 5.69 Å². The Morgan fingerprint density at radius 3 is 2.88 bits per heavy atom. The molecule has 5 heteroatoms. The van der Waals surface area contributed by atoms with Crippen molar-refractivity contribution in [2.45, 2.75) is 19.4 Å². The molecule has 1 atom stereocenters. The van der Waals surface area contributed by atoms with Crippen LogP contribution >= 0.6 is 11.3 Å². The molecule has 1 N–H and O–H groups in total. The minimum Gasteiger partial charge on any atom is -0.324 e. The van der Waals surface area contributed by atoms with E-state index in [1.807, 2.05) is 29.2 Å². The smallest absolute Gasteiger partial charge is 0.282 e. The van der Waals surface area contributed by atoms with Crippen LogP contribution in [0.3, 0.4) is 0 Å². The number of nitrogens with zero attached hydrogens (tertiary/aromatic N) is 2. The number of aryl methyl sites for hydroxylation is 1. The monoisotopic (exact) mass is 352 g/mol. The summed E-state index contributed by atoms with van der Waals surface area (Å²) >= 11 is 1.72. The molecule has 0 aliphatic carbocycles. The molecule has 1 aliphatic heterocycles. The largest absolute Gasteiger partial charge is 0.324 e. The summed E-state index contributed by atoms with van der Waals surface area (Å²) < 4.78 is 1.21. The van der Waals surface area contributed by atoms with E-state index in [1.54, 1.807) is 11.3 Å². The van der Waals surface area contributed by atoms with E-state index in [0.29, 0.717) is 6.54 Å². The molecule has 3 aromatic rings. The first-order chi connectivity index (χ1) is 12.2. The fourth-order valence-electron chi connectivity index (χ4n) is 3.46. The van der Waals surface area contributed by atoms with Gasteiger partial charge < -0.3 is 9.80 Å². The molecule has 4 nitrogen and oxygen atoms in total. The maximum atomic E-state index is 12.8. The predicted molar refractivity (Wildman–Crippen MR) is 102 cm³/mol. The van der Waals surface area contributed by atoms with Crippen LogP contribution in [-0.2, 0) is 17.8 Å². The van der Waals surface area contributed by atoms with Crippen molar-refractivity contribution in [1.29, 1.82) is 0 Å². The number of likely N-dealkylation sites (N-methyl/N-ethyl adjacent to an activating group) is 1. The Bertz CT molecular complexity index is 872. The van der Waals surface area contributed by atoms with Crippen molar-refractivity contribution < 1.29 is 9.69 Å². The summed E-state index contributed by atoms with van der Waals surface area (Å²) in [6.07, 6.45) is 2.11. The predicted octanol–water partition coefficient (Wildman–Crippen LogP) is 2.29. The zero-order valence-electron chi connectivity index (χ0n) is 14.4. The van der Waals surface area contributed by atoms with E-state index in [0.717, 1.165) is 42.1 Å². The van der Waals surface area contributed by atoms with Gasteiger partial charge in [-0.15, -0.1) is 11.3 Å². The first-order valence-electron chi connectivity index (χ1n) is 8.75. The van der Waals surface area contributed by atoms with Crippen LogP contribution in [-0.4, -0.2) is 31.0 Å². The molecular formula is C20H22N3OS+. The van der Waals surface area contributed by atoms with Crippen molar-refractivity contribution in [3.05, 3.63) is 59.1 Å². The van der Waals surface area contributed by atoms with Crippen LogP contribution in [0.15, 0.2) is 48.5 Å². The van der Waals surface area contributed by atoms with Crippen molar-refractivity contribution in [1.82, 2.24) is 4.98 Å². The number of nitrogens with one attached hydrogen (secondary N) is 1. The molecule has 1 aliphatic rings. The molecule has 4 rings (SSSR count). The first kappa shape index (κ1) is 16.2. The zero-order valence-corrected chi connectivity index (χ0v) is 15.2. The molecule has 2 aromatic carbocycles. The number of para-hydroxylation sites is 2. The van der Waals surface area contributed by atoms with Gasteiger partial charge in [-0.2, -0.15) is 0 Å². The number of aromatic nitrogens is 1. The normalized spacial score (nSPS) is 15.2. The highest BCUT2D eigenvalue weighted by Gasteiger charge is 2.24. The third-order valence-electron chi connectivity index (χ3n) is 4.66. The molecule has 128 valence electrons. The lowest BCUT2D eigenvalue weighted by atomic mass is 10.0. The van der Waals surface area contributed by atoms with Crippen LogP contribution < -0.4 is 9.80 Å². The standard InChI is InChI=1S/C20H21N3OS/c1-22(13-19-21-16-9-3-5-11-18(16)25-19)14-20(24)23-12-6-8-15-7-2-4-10-17(15)23/h2-5,7,9-11H,6,8,12-14H2,1H3/p+1. The molecule has 0 fully saturated rings. The molecule has 1 unspecified atom stereocenters. The molecule has 0 bridgehead atoms. The van der Waals surface area contributed by atoms with E-state index in [9.17, 15) is 4.79 Å². The Kier molecular flexibility index (Phi) is 4.51. The molecule has 0 saturated carbocycles. The van der Waals surface area contributed by atoms with Crippen molar-refractivity contribution >= 4 is 33.1 Å². The molecule has 1 aromatic heterocycles. The number of quaternary nitrogens is 1. The first-order valence-corrected chi connectivity index (χ1v) is 9.56. The third-order valence-corrected chi connectivity index (χ3v) is 5.69. The number of anilines is 1. The van der Waals surface area contributed by atoms with E-state index in [2.05, 4.69) is 36.3 Å². The number of hydrogen-bond donors (Lipinski definition) is 1. The Labute approximate surface area is 151 Å². The highest BCUT2D eigenvalue weighted by atomic mass is 32.1. The molecule has 0 spiro atoms. The zero-order chi connectivity index (χ0) is 17.2. The van der Waals surface area contributed by atoms with Gasteiger partial charge in [0.2, 0.25) is 0 Å². The minimum atomic E-state index is 0.200. The molecule has 0 radical (unpaired) electrons. The van der Waals surface area contributed by atoms with Gasteiger partial charge >= 0.3 is 0 Å². The number of hydrogen-bond acceptors (Lipinski definition) is 3. The highest BCUT2D eigenvalue weighted by Crippen LogP contribution is 2.26. The van der Waals surface area contributed by atoms with Gasteiger partial charge in [-0.25, -0.2) is 4.98 Å². The van der Waals surface area contributed by atoms with Crippen molar-refractivity contribution in [2.75, 3.05) is 25.0 Å². The summed E-state index contributed by atoms with van der Waals surface area (Å²) in [5.74, 6) is 0.200. The van der Waals surface area contributed by atoms with Gasteiger partial charge in [-0.3, -0.25) is 4.79 Å². The summed E-state index contributed by atoms with van der Waals surface area (Å²) in [4.78, 5) is 20.6. The number of rotatable bonds is 4. The van der Waals surface area contributed by atoms with Crippen LogP contribution in [0.1, 0.15) is 17.0 Å². The van der Waals surface area contributed by atoms with Crippen molar-refractivity contribution in [2.24, 2.45) is 0 Å². The summed E-state index contributed by atoms with van der Waals surface area (Å²) in [6.45, 7) is 2.09. The van der Waals surface area contributed by atoms with Gasteiger partial charge in [-0.05, 0) is 36.6 Å². The lowest BCUT2D eigenvalue weighted by molar-refractivity contribution is -0.885. The lowest BCUT2D eigenvalue weighted by Gasteiger charge is -2.29. The summed E-state index contributed by atoms with van der Waals surface area (Å²) in [5, 5.41) is 1.09. The van der Waals surface area contributed by atoms with Gasteiger partial charge in [0.05, 0.1) is 17.3 Å². The quantitative estimate of drug-likeness (QED) is 0.782. The summed E-state index contributed by atoms with van der Waals surface area (Å²) in [7, 11) is 2.07. The van der Waals surface area contributed by atoms with Gasteiger partial charge in [0.25, 0.3) is 5.91 Å². The van der Waals surface area contributed by atoms with Crippen LogP contribution in [0, 0.1) is 0 Å². The molecule has 2 heterocycles. The van der Waals surface area contributed by atoms with E-state index in [1.165, 1.54) is 15.2 Å². The van der Waals surface area contributed by atoms with E-state index in [4.69, 9.17) is 0 Å². The van der Waals surface area contributed by atoms with E-state index in [-0.39, 0.29) is 5.91 Å². The molecular weight excluding hydrogens is 330 g/mol. The molecule has 1 amide bonds. The number of carbonyl (C=O) groups excluding carboxylic acids is 1. The minimum absolute atomic E-state index is 0.200. The average molecular weight is 352 g/mol. The Morgan fingerprint density at radius 1 is 1.20 bits per heavy atom. The molecule has 25 heavy (non-hydrogen) atoms. The highest BCUT2D eigenvalue weighted by molar-refractivity contribution is 7.18. The van der Waals surface area contributed by atoms with E-state index < -0.39 is 0 Å². The average Bonchev–Trinajstić information content (AvgIpc) is 3.03. The Morgan fingerprint density at radius 2 is 2.00 bits per heavy atom. The van der Waals surface area contributed by atoms with Crippen molar-refractivity contribution in [3.63, 3.8) is 0 Å². The number of amides is 1. The van der Waals surface area contributed by atoms with Crippen LogP contribution in [0.2, 0.25) is 0 Å². The van der Waals surface area contributed by atoms with Gasteiger partial charge in [0.15, 0.2) is 6.54 Å². The fourth-order valence-corrected chi connectivity index (χ4v) is 4.54. The number of benzene rings is 2. The molecule has 0 saturated heterocycles. The Hall–Kier alpha value is -2.24. The summed E-state index contributed by atoms with van der Waals surface area (Å²) in [6, 6.07) is 16.5. The third kappa shape index (κ3) is 3.43. The summed E-state index contributed by atoms with van der Waals surface area (Å²) in [5.41, 5.74) is 3.42. The second-order valence-corrected chi connectivity index (χ2v) is 7.78. The number of fused-ring (bicyclic) bond motifs is 2. The second kappa shape index (κ2) is 6.94. The number of thiazole rings is 1.